The van der Waals surface area contributed by atoms with E-state index in [-0.39, 0.29) is 6.61 Å². The molecular formula is C26H27BrClN3O5S. The summed E-state index contributed by atoms with van der Waals surface area (Å²) in [6, 6.07) is 16.2. The lowest BCUT2D eigenvalue weighted by molar-refractivity contribution is -0.119. The zero-order valence-electron chi connectivity index (χ0n) is 20.8. The van der Waals surface area contributed by atoms with Crippen molar-refractivity contribution >= 4 is 55.4 Å². The summed E-state index contributed by atoms with van der Waals surface area (Å²) in [6.45, 7) is 3.47. The molecule has 0 heterocycles. The lowest BCUT2D eigenvalue weighted by Crippen LogP contribution is -2.39. The fourth-order valence-electron chi connectivity index (χ4n) is 3.43. The van der Waals surface area contributed by atoms with Crippen molar-refractivity contribution in [1.82, 2.24) is 5.43 Å². The maximum Gasteiger partial charge on any atom is 0.260 e. The Labute approximate surface area is 230 Å². The molecule has 0 spiro atoms. The smallest absolute Gasteiger partial charge is 0.260 e. The Kier molecular flexibility index (Phi) is 9.58. The van der Waals surface area contributed by atoms with Crippen molar-refractivity contribution in [1.29, 1.82) is 0 Å². The minimum atomic E-state index is -3.70. The van der Waals surface area contributed by atoms with Gasteiger partial charge in [0.05, 0.1) is 29.7 Å². The van der Waals surface area contributed by atoms with Crippen molar-refractivity contribution in [2.24, 2.45) is 5.10 Å². The maximum atomic E-state index is 12.6. The Morgan fingerprint density at radius 3 is 2.57 bits per heavy atom. The van der Waals surface area contributed by atoms with Gasteiger partial charge in [-0.15, -0.1) is 0 Å². The van der Waals surface area contributed by atoms with Gasteiger partial charge in [-0.3, -0.25) is 9.10 Å². The fourth-order valence-corrected chi connectivity index (χ4v) is 5.10. The minimum Gasteiger partial charge on any atom is -0.493 e. The number of nitrogens with one attached hydrogen (secondary N) is 1. The first-order chi connectivity index (χ1) is 17.5. The highest BCUT2D eigenvalue weighted by atomic mass is 79.9. The van der Waals surface area contributed by atoms with Crippen LogP contribution in [0.25, 0.3) is 0 Å². The summed E-state index contributed by atoms with van der Waals surface area (Å²) >= 11 is 9.69. The number of rotatable bonds is 10. The molecule has 0 aromatic heterocycles. The largest absolute Gasteiger partial charge is 0.493 e. The molecule has 0 aliphatic carbocycles. The van der Waals surface area contributed by atoms with Crippen molar-refractivity contribution in [2.75, 3.05) is 24.2 Å². The number of aryl methyl sites for hydroxylation is 2. The molecule has 0 atom stereocenters. The summed E-state index contributed by atoms with van der Waals surface area (Å²) < 4.78 is 37.9. The van der Waals surface area contributed by atoms with E-state index in [0.29, 0.717) is 32.2 Å². The van der Waals surface area contributed by atoms with Crippen LogP contribution >= 0.6 is 27.5 Å². The second-order valence-corrected chi connectivity index (χ2v) is 11.4. The van der Waals surface area contributed by atoms with Crippen molar-refractivity contribution in [3.8, 4) is 11.5 Å². The predicted octanol–water partition coefficient (Wildman–Crippen LogP) is 5.22. The predicted molar refractivity (Wildman–Crippen MR) is 150 cm³/mol. The zero-order valence-corrected chi connectivity index (χ0v) is 23.9. The van der Waals surface area contributed by atoms with Crippen LogP contribution in [-0.4, -0.2) is 40.4 Å². The van der Waals surface area contributed by atoms with Crippen LogP contribution < -0.4 is 19.2 Å². The van der Waals surface area contributed by atoms with Gasteiger partial charge in [0.1, 0.15) is 13.2 Å². The van der Waals surface area contributed by atoms with Crippen molar-refractivity contribution < 1.29 is 22.7 Å². The molecule has 0 fully saturated rings. The normalized spacial score (nSPS) is 11.4. The van der Waals surface area contributed by atoms with E-state index in [4.69, 9.17) is 21.1 Å². The molecule has 0 saturated heterocycles. The Hall–Kier alpha value is -3.08. The molecule has 11 heteroatoms. The van der Waals surface area contributed by atoms with Gasteiger partial charge in [0.25, 0.3) is 5.91 Å². The van der Waals surface area contributed by atoms with Gasteiger partial charge in [-0.25, -0.2) is 13.8 Å². The van der Waals surface area contributed by atoms with E-state index >= 15 is 0 Å². The summed E-state index contributed by atoms with van der Waals surface area (Å²) in [7, 11) is -2.19. The van der Waals surface area contributed by atoms with Gasteiger partial charge >= 0.3 is 0 Å². The third-order valence-corrected chi connectivity index (χ3v) is 7.39. The standard InChI is InChI=1S/C26H27BrClN3O5S/c1-17-9-10-18(2)23(11-17)31(37(4,33)34)15-25(32)30-29-14-19-12-21(27)26(24(13-19)35-3)36-16-20-7-5-6-8-22(20)28/h5-14H,15-16H2,1-4H3,(H,30,32)/b29-14+. The molecule has 0 saturated carbocycles. The molecule has 1 amide bonds. The van der Waals surface area contributed by atoms with Crippen LogP contribution in [-0.2, 0) is 21.4 Å². The number of carbonyl (C=O) groups is 1. The van der Waals surface area contributed by atoms with Crippen molar-refractivity contribution in [3.05, 3.63) is 86.3 Å². The highest BCUT2D eigenvalue weighted by Gasteiger charge is 2.22. The first-order valence-electron chi connectivity index (χ1n) is 11.1. The molecule has 0 radical (unpaired) electrons. The number of amides is 1. The van der Waals surface area contributed by atoms with Gasteiger partial charge in [0.2, 0.25) is 10.0 Å². The lowest BCUT2D eigenvalue weighted by atomic mass is 10.1. The summed E-state index contributed by atoms with van der Waals surface area (Å²) in [5.74, 6) is 0.349. The molecule has 3 aromatic carbocycles. The molecule has 8 nitrogen and oxygen atoms in total. The molecule has 196 valence electrons. The molecule has 0 aliphatic rings. The Balaban J connectivity index is 1.71. The molecule has 3 aromatic rings. The number of methoxy groups -OCH3 is 1. The molecule has 3 rings (SSSR count). The molecule has 0 unspecified atom stereocenters. The summed E-state index contributed by atoms with van der Waals surface area (Å²) in [5, 5.41) is 4.58. The second-order valence-electron chi connectivity index (χ2n) is 8.27. The van der Waals surface area contributed by atoms with Gasteiger partial charge in [-0.1, -0.05) is 41.9 Å². The maximum absolute atomic E-state index is 12.6. The van der Waals surface area contributed by atoms with Gasteiger partial charge in [-0.05, 0) is 70.7 Å². The van der Waals surface area contributed by atoms with Crippen LogP contribution in [0, 0.1) is 13.8 Å². The summed E-state index contributed by atoms with van der Waals surface area (Å²) in [5.41, 5.74) is 5.89. The summed E-state index contributed by atoms with van der Waals surface area (Å²) in [6.07, 6.45) is 2.48. The number of sulfonamides is 1. The fraction of sp³-hybridized carbons (Fsp3) is 0.231. The van der Waals surface area contributed by atoms with Crippen LogP contribution in [0.1, 0.15) is 22.3 Å². The number of hydrogen-bond donors (Lipinski definition) is 1. The monoisotopic (exact) mass is 607 g/mol. The van der Waals surface area contributed by atoms with Crippen molar-refractivity contribution in [3.63, 3.8) is 0 Å². The van der Waals surface area contributed by atoms with Gasteiger partial charge in [0, 0.05) is 10.6 Å². The van der Waals surface area contributed by atoms with Crippen LogP contribution in [0.5, 0.6) is 11.5 Å². The van der Waals surface area contributed by atoms with E-state index in [1.54, 1.807) is 31.2 Å². The second kappa shape index (κ2) is 12.4. The molecule has 1 N–H and O–H groups in total. The highest BCUT2D eigenvalue weighted by Crippen LogP contribution is 2.37. The van der Waals surface area contributed by atoms with Gasteiger partial charge < -0.3 is 9.47 Å². The highest BCUT2D eigenvalue weighted by molar-refractivity contribution is 9.10. The van der Waals surface area contributed by atoms with E-state index in [2.05, 4.69) is 26.5 Å². The molecule has 37 heavy (non-hydrogen) atoms. The average Bonchev–Trinajstić information content (AvgIpc) is 2.83. The minimum absolute atomic E-state index is 0.245. The first-order valence-corrected chi connectivity index (χ1v) is 14.1. The topological polar surface area (TPSA) is 97.3 Å². The van der Waals surface area contributed by atoms with E-state index in [1.807, 2.05) is 37.3 Å². The Morgan fingerprint density at radius 2 is 1.89 bits per heavy atom. The van der Waals surface area contributed by atoms with Gasteiger partial charge in [-0.2, -0.15) is 5.10 Å². The SMILES string of the molecule is COc1cc(/C=N/NC(=O)CN(c2cc(C)ccc2C)S(C)(=O)=O)cc(Br)c1OCc1ccccc1Cl. The number of nitrogens with zero attached hydrogens (tertiary/aromatic N) is 2. The number of halogens is 2. The van der Waals surface area contributed by atoms with Crippen LogP contribution in [0.4, 0.5) is 5.69 Å². The van der Waals surface area contributed by atoms with Crippen LogP contribution in [0.15, 0.2) is 64.2 Å². The van der Waals surface area contributed by atoms with Crippen LogP contribution in [0.3, 0.4) is 0 Å². The first kappa shape index (κ1) is 28.5. The van der Waals surface area contributed by atoms with E-state index in [1.165, 1.54) is 13.3 Å². The number of carbonyl (C=O) groups excluding carboxylic acids is 1. The number of hydrogen-bond acceptors (Lipinski definition) is 6. The van der Waals surface area contributed by atoms with Crippen molar-refractivity contribution in [2.45, 2.75) is 20.5 Å². The third-order valence-electron chi connectivity index (χ3n) is 5.31. The van der Waals surface area contributed by atoms with E-state index < -0.39 is 22.5 Å². The third kappa shape index (κ3) is 7.70. The number of hydrazone groups is 1. The van der Waals surface area contributed by atoms with E-state index in [9.17, 15) is 13.2 Å². The Bertz CT molecular complexity index is 1430. The molecule has 0 bridgehead atoms. The number of ether oxygens (including phenoxy) is 2. The Morgan fingerprint density at radius 1 is 1.16 bits per heavy atom. The number of benzene rings is 3. The van der Waals surface area contributed by atoms with E-state index in [0.717, 1.165) is 27.3 Å². The summed E-state index contributed by atoms with van der Waals surface area (Å²) in [4.78, 5) is 12.6. The zero-order chi connectivity index (χ0) is 27.2. The molecular weight excluding hydrogens is 582 g/mol. The average molecular weight is 609 g/mol. The lowest BCUT2D eigenvalue weighted by Gasteiger charge is -2.23. The van der Waals surface area contributed by atoms with Gasteiger partial charge in [0.15, 0.2) is 11.5 Å². The molecule has 0 aliphatic heterocycles. The quantitative estimate of drug-likeness (QED) is 0.251. The van der Waals surface area contributed by atoms with Crippen LogP contribution in [0.2, 0.25) is 5.02 Å². The number of anilines is 1.